The summed E-state index contributed by atoms with van der Waals surface area (Å²) in [6, 6.07) is 2.69. The normalized spacial score (nSPS) is 16.9. The van der Waals surface area contributed by atoms with Crippen molar-refractivity contribution >= 4 is 17.7 Å². The molecule has 92 valence electrons. The Balaban J connectivity index is 2.16. The molecule has 5 heteroatoms. The molecule has 1 aliphatic heterocycles. The van der Waals surface area contributed by atoms with Crippen molar-refractivity contribution in [3.05, 3.63) is 34.2 Å². The molecule has 1 fully saturated rings. The third kappa shape index (κ3) is 3.12. The number of aromatic carboxylic acids is 1. The minimum atomic E-state index is -0.988. The van der Waals surface area contributed by atoms with Crippen LogP contribution in [0.15, 0.2) is 23.1 Å². The van der Waals surface area contributed by atoms with Crippen LogP contribution in [0, 0.1) is 5.92 Å². The van der Waals surface area contributed by atoms with Gasteiger partial charge in [0.15, 0.2) is 0 Å². The second-order valence-electron chi connectivity index (χ2n) is 4.27. The molecule has 0 saturated carbocycles. The highest BCUT2D eigenvalue weighted by Crippen LogP contribution is 2.23. The Bertz CT molecular complexity index is 463. The van der Waals surface area contributed by atoms with E-state index in [2.05, 4.69) is 0 Å². The van der Waals surface area contributed by atoms with E-state index in [1.807, 2.05) is 11.8 Å². The van der Waals surface area contributed by atoms with E-state index < -0.39 is 5.97 Å². The lowest BCUT2D eigenvalue weighted by Crippen LogP contribution is -2.25. The van der Waals surface area contributed by atoms with Crippen LogP contribution >= 0.6 is 11.8 Å². The van der Waals surface area contributed by atoms with E-state index in [-0.39, 0.29) is 11.1 Å². The maximum Gasteiger partial charge on any atom is 0.337 e. The van der Waals surface area contributed by atoms with Gasteiger partial charge in [-0.2, -0.15) is 11.8 Å². The van der Waals surface area contributed by atoms with Crippen molar-refractivity contribution in [2.75, 3.05) is 11.5 Å². The number of carboxylic acids is 1. The van der Waals surface area contributed by atoms with Gasteiger partial charge in [-0.3, -0.25) is 4.79 Å². The highest BCUT2D eigenvalue weighted by atomic mass is 32.2. The molecule has 2 rings (SSSR count). The summed E-state index contributed by atoms with van der Waals surface area (Å²) in [5.74, 6) is 1.78. The number of thioether (sulfide) groups is 1. The number of nitrogens with zero attached hydrogens (tertiary/aromatic N) is 1. The van der Waals surface area contributed by atoms with Gasteiger partial charge in [0.2, 0.25) is 0 Å². The second kappa shape index (κ2) is 5.40. The number of hydrogen-bond donors (Lipinski definition) is 1. The zero-order chi connectivity index (χ0) is 12.3. The maximum absolute atomic E-state index is 11.6. The largest absolute Gasteiger partial charge is 0.478 e. The van der Waals surface area contributed by atoms with Gasteiger partial charge in [0, 0.05) is 18.8 Å². The van der Waals surface area contributed by atoms with Gasteiger partial charge < -0.3 is 9.67 Å². The number of carboxylic acid groups (broad SMARTS) is 1. The number of rotatable bonds is 3. The first-order valence-corrected chi connectivity index (χ1v) is 6.84. The first-order valence-electron chi connectivity index (χ1n) is 5.68. The molecule has 17 heavy (non-hydrogen) atoms. The predicted molar refractivity (Wildman–Crippen MR) is 67.7 cm³/mol. The molecule has 1 aromatic rings. The van der Waals surface area contributed by atoms with E-state index in [4.69, 9.17) is 5.11 Å². The van der Waals surface area contributed by atoms with E-state index in [9.17, 15) is 9.59 Å². The van der Waals surface area contributed by atoms with Gasteiger partial charge in [-0.05, 0) is 36.3 Å². The van der Waals surface area contributed by atoms with Gasteiger partial charge in [-0.25, -0.2) is 4.79 Å². The Morgan fingerprint density at radius 1 is 1.41 bits per heavy atom. The quantitative estimate of drug-likeness (QED) is 0.890. The third-order valence-corrected chi connectivity index (χ3v) is 4.07. The number of carbonyl (C=O) groups is 1. The van der Waals surface area contributed by atoms with Crippen molar-refractivity contribution in [1.29, 1.82) is 0 Å². The monoisotopic (exact) mass is 253 g/mol. The fourth-order valence-corrected chi connectivity index (χ4v) is 3.21. The van der Waals surface area contributed by atoms with Crippen molar-refractivity contribution in [3.8, 4) is 0 Å². The fourth-order valence-electron chi connectivity index (χ4n) is 2.01. The number of aromatic nitrogens is 1. The molecule has 2 heterocycles. The van der Waals surface area contributed by atoms with Gasteiger partial charge in [-0.15, -0.1) is 0 Å². The van der Waals surface area contributed by atoms with Crippen LogP contribution in [0.3, 0.4) is 0 Å². The van der Waals surface area contributed by atoms with Crippen LogP contribution in [-0.4, -0.2) is 27.1 Å². The summed E-state index contributed by atoms with van der Waals surface area (Å²) in [4.78, 5) is 22.5. The summed E-state index contributed by atoms with van der Waals surface area (Å²) < 4.78 is 1.53. The van der Waals surface area contributed by atoms with Crippen molar-refractivity contribution < 1.29 is 9.90 Å². The summed E-state index contributed by atoms with van der Waals surface area (Å²) >= 11 is 1.94. The molecule has 1 aromatic heterocycles. The highest BCUT2D eigenvalue weighted by molar-refractivity contribution is 7.99. The van der Waals surface area contributed by atoms with Crippen LogP contribution in [0.25, 0.3) is 0 Å². The Morgan fingerprint density at radius 3 is 2.76 bits per heavy atom. The van der Waals surface area contributed by atoms with E-state index in [0.717, 1.165) is 24.3 Å². The van der Waals surface area contributed by atoms with Crippen LogP contribution in [0.5, 0.6) is 0 Å². The van der Waals surface area contributed by atoms with Crippen LogP contribution in [-0.2, 0) is 6.54 Å². The molecule has 1 aliphatic rings. The molecule has 0 atom stereocenters. The van der Waals surface area contributed by atoms with Gasteiger partial charge in [0.05, 0.1) is 5.56 Å². The lowest BCUT2D eigenvalue weighted by molar-refractivity contribution is 0.0695. The molecule has 1 N–H and O–H groups in total. The Kier molecular flexibility index (Phi) is 3.89. The summed E-state index contributed by atoms with van der Waals surface area (Å²) in [5, 5.41) is 8.89. The Morgan fingerprint density at radius 2 is 2.12 bits per heavy atom. The van der Waals surface area contributed by atoms with Crippen LogP contribution in [0.1, 0.15) is 23.2 Å². The van der Waals surface area contributed by atoms with Gasteiger partial charge in [-0.1, -0.05) is 0 Å². The zero-order valence-electron chi connectivity index (χ0n) is 9.46. The first kappa shape index (κ1) is 12.2. The highest BCUT2D eigenvalue weighted by Gasteiger charge is 2.15. The lowest BCUT2D eigenvalue weighted by atomic mass is 10.0. The first-order chi connectivity index (χ1) is 8.16. The molecule has 0 spiro atoms. The standard InChI is InChI=1S/C12H15NO3S/c14-11-2-1-10(12(15)16)8-13(11)7-9-3-5-17-6-4-9/h1-2,8-9H,3-7H2,(H,15,16). The van der Waals surface area contributed by atoms with E-state index >= 15 is 0 Å². The molecular weight excluding hydrogens is 238 g/mol. The van der Waals surface area contributed by atoms with Crippen LogP contribution < -0.4 is 5.56 Å². The molecule has 0 amide bonds. The summed E-state index contributed by atoms with van der Waals surface area (Å²) in [6.07, 6.45) is 3.66. The summed E-state index contributed by atoms with van der Waals surface area (Å²) in [5.41, 5.74) is 0.0583. The maximum atomic E-state index is 11.6. The van der Waals surface area contributed by atoms with Crippen molar-refractivity contribution in [2.45, 2.75) is 19.4 Å². The minimum absolute atomic E-state index is 0.117. The molecule has 0 radical (unpaired) electrons. The predicted octanol–water partition coefficient (Wildman–Crippen LogP) is 1.69. The van der Waals surface area contributed by atoms with E-state index in [1.165, 1.54) is 22.9 Å². The Labute approximate surface area is 104 Å². The van der Waals surface area contributed by atoms with Crippen LogP contribution in [0.4, 0.5) is 0 Å². The molecular formula is C12H15NO3S. The van der Waals surface area contributed by atoms with Crippen molar-refractivity contribution in [2.24, 2.45) is 5.92 Å². The summed E-state index contributed by atoms with van der Waals surface area (Å²) in [6.45, 7) is 0.639. The summed E-state index contributed by atoms with van der Waals surface area (Å²) in [7, 11) is 0. The molecule has 4 nitrogen and oxygen atoms in total. The van der Waals surface area contributed by atoms with Gasteiger partial charge in [0.25, 0.3) is 5.56 Å². The molecule has 0 aliphatic carbocycles. The molecule has 0 aromatic carbocycles. The van der Waals surface area contributed by atoms with Crippen molar-refractivity contribution in [3.63, 3.8) is 0 Å². The topological polar surface area (TPSA) is 59.3 Å². The lowest BCUT2D eigenvalue weighted by Gasteiger charge is -2.22. The van der Waals surface area contributed by atoms with E-state index in [0.29, 0.717) is 12.5 Å². The van der Waals surface area contributed by atoms with Crippen LogP contribution in [0.2, 0.25) is 0 Å². The molecule has 0 bridgehead atoms. The Hall–Kier alpha value is -1.23. The van der Waals surface area contributed by atoms with Gasteiger partial charge in [0.1, 0.15) is 0 Å². The minimum Gasteiger partial charge on any atom is -0.478 e. The average molecular weight is 253 g/mol. The number of pyridine rings is 1. The SMILES string of the molecule is O=C(O)c1ccc(=O)n(CC2CCSCC2)c1. The van der Waals surface area contributed by atoms with Gasteiger partial charge >= 0.3 is 5.97 Å². The third-order valence-electron chi connectivity index (χ3n) is 3.03. The zero-order valence-corrected chi connectivity index (χ0v) is 10.3. The van der Waals surface area contributed by atoms with Crippen molar-refractivity contribution in [1.82, 2.24) is 4.57 Å². The molecule has 1 saturated heterocycles. The average Bonchev–Trinajstić information content (AvgIpc) is 2.33. The smallest absolute Gasteiger partial charge is 0.337 e. The van der Waals surface area contributed by atoms with E-state index in [1.54, 1.807) is 0 Å². The molecule has 0 unspecified atom stereocenters. The fraction of sp³-hybridized carbons (Fsp3) is 0.500. The second-order valence-corrected chi connectivity index (χ2v) is 5.49. The number of hydrogen-bond acceptors (Lipinski definition) is 3.